The van der Waals surface area contributed by atoms with Crippen LogP contribution in [0.2, 0.25) is 0 Å². The van der Waals surface area contributed by atoms with E-state index in [0.717, 1.165) is 30.8 Å². The lowest BCUT2D eigenvalue weighted by molar-refractivity contribution is 0.0500. The lowest BCUT2D eigenvalue weighted by atomic mass is 9.96. The van der Waals surface area contributed by atoms with Gasteiger partial charge in [-0.25, -0.2) is 9.78 Å². The topological polar surface area (TPSA) is 87.2 Å². The standard InChI is InChI=1S/C24H37N3O3/c1-16(2)21(28)20-15-25-22(27-20)17(3)12-13-19(14-18-10-8-7-9-11-18)26-23(29)30-24(4,5)6/h7-11,15-17,19,21,28H,12-14H2,1-6H3,(H,25,27)(H,26,29)/t17?,19-,21?/m1/s1. The number of aromatic nitrogens is 2. The Bertz CT molecular complexity index is 780. The summed E-state index contributed by atoms with van der Waals surface area (Å²) in [6.45, 7) is 11.6. The second-order valence-corrected chi connectivity index (χ2v) is 9.42. The van der Waals surface area contributed by atoms with Crippen molar-refractivity contribution in [1.82, 2.24) is 15.3 Å². The molecular formula is C24H37N3O3. The number of aliphatic hydroxyl groups excluding tert-OH is 1. The molecule has 0 aliphatic rings. The molecule has 0 fully saturated rings. The fraction of sp³-hybridized carbons (Fsp3) is 0.583. The van der Waals surface area contributed by atoms with E-state index in [0.29, 0.717) is 0 Å². The van der Waals surface area contributed by atoms with Gasteiger partial charge in [-0.05, 0) is 51.5 Å². The van der Waals surface area contributed by atoms with Crippen LogP contribution in [0.3, 0.4) is 0 Å². The van der Waals surface area contributed by atoms with E-state index in [4.69, 9.17) is 4.74 Å². The quantitative estimate of drug-likeness (QED) is 0.530. The summed E-state index contributed by atoms with van der Waals surface area (Å²) in [6.07, 6.45) is 3.16. The molecule has 0 aliphatic heterocycles. The third-order valence-electron chi connectivity index (χ3n) is 5.03. The van der Waals surface area contributed by atoms with Crippen molar-refractivity contribution in [3.63, 3.8) is 0 Å². The first-order valence-corrected chi connectivity index (χ1v) is 10.8. The van der Waals surface area contributed by atoms with E-state index in [1.54, 1.807) is 6.20 Å². The molecule has 2 aromatic rings. The smallest absolute Gasteiger partial charge is 0.407 e. The number of aromatic amines is 1. The summed E-state index contributed by atoms with van der Waals surface area (Å²) >= 11 is 0. The van der Waals surface area contributed by atoms with Crippen molar-refractivity contribution in [3.05, 3.63) is 53.6 Å². The number of aliphatic hydroxyl groups is 1. The van der Waals surface area contributed by atoms with Gasteiger partial charge >= 0.3 is 6.09 Å². The Labute approximate surface area is 180 Å². The van der Waals surface area contributed by atoms with E-state index in [2.05, 4.69) is 34.3 Å². The molecule has 0 spiro atoms. The number of rotatable bonds is 9. The molecule has 0 radical (unpaired) electrons. The minimum Gasteiger partial charge on any atom is -0.444 e. The minimum absolute atomic E-state index is 0.0413. The van der Waals surface area contributed by atoms with E-state index >= 15 is 0 Å². The largest absolute Gasteiger partial charge is 0.444 e. The molecule has 6 nitrogen and oxygen atoms in total. The van der Waals surface area contributed by atoms with E-state index < -0.39 is 17.8 Å². The van der Waals surface area contributed by atoms with Crippen LogP contribution in [-0.4, -0.2) is 32.8 Å². The molecule has 1 heterocycles. The van der Waals surface area contributed by atoms with Gasteiger partial charge in [0.1, 0.15) is 11.4 Å². The first kappa shape index (κ1) is 23.9. The summed E-state index contributed by atoms with van der Waals surface area (Å²) in [7, 11) is 0. The summed E-state index contributed by atoms with van der Waals surface area (Å²) in [5.74, 6) is 1.17. The number of benzene rings is 1. The molecule has 0 saturated heterocycles. The summed E-state index contributed by atoms with van der Waals surface area (Å²) in [5.41, 5.74) is 1.39. The maximum absolute atomic E-state index is 12.3. The van der Waals surface area contributed by atoms with Crippen LogP contribution in [-0.2, 0) is 11.2 Å². The molecule has 0 aliphatic carbocycles. The Kier molecular flexibility index (Phi) is 8.47. The van der Waals surface area contributed by atoms with Crippen molar-refractivity contribution in [3.8, 4) is 0 Å². The number of hydrogen-bond donors (Lipinski definition) is 3. The summed E-state index contributed by atoms with van der Waals surface area (Å²) in [4.78, 5) is 20.1. The number of alkyl carbamates (subject to hydrolysis) is 1. The minimum atomic E-state index is -0.543. The Morgan fingerprint density at radius 2 is 1.83 bits per heavy atom. The van der Waals surface area contributed by atoms with Crippen molar-refractivity contribution in [2.45, 2.75) is 84.5 Å². The molecule has 2 unspecified atom stereocenters. The lowest BCUT2D eigenvalue weighted by Gasteiger charge is -2.24. The van der Waals surface area contributed by atoms with Gasteiger partial charge < -0.3 is 20.1 Å². The fourth-order valence-electron chi connectivity index (χ4n) is 3.30. The van der Waals surface area contributed by atoms with Crippen LogP contribution >= 0.6 is 0 Å². The van der Waals surface area contributed by atoms with Crippen LogP contribution in [0, 0.1) is 5.92 Å². The Hall–Kier alpha value is -2.34. The molecule has 30 heavy (non-hydrogen) atoms. The maximum Gasteiger partial charge on any atom is 0.407 e. The number of carbonyl (C=O) groups is 1. The molecule has 6 heteroatoms. The zero-order valence-corrected chi connectivity index (χ0v) is 19.1. The number of nitrogens with one attached hydrogen (secondary N) is 2. The molecule has 1 aromatic carbocycles. The van der Waals surface area contributed by atoms with E-state index in [1.165, 1.54) is 5.56 Å². The summed E-state index contributed by atoms with van der Waals surface area (Å²) < 4.78 is 5.45. The number of carbonyl (C=O) groups excluding carboxylic acids is 1. The number of nitrogens with zero attached hydrogens (tertiary/aromatic N) is 1. The van der Waals surface area contributed by atoms with Gasteiger partial charge in [0.15, 0.2) is 0 Å². The molecular weight excluding hydrogens is 378 g/mol. The Morgan fingerprint density at radius 1 is 1.17 bits per heavy atom. The molecule has 1 amide bonds. The van der Waals surface area contributed by atoms with E-state index in [9.17, 15) is 9.90 Å². The number of hydrogen-bond acceptors (Lipinski definition) is 4. The van der Waals surface area contributed by atoms with Crippen LogP contribution in [0.25, 0.3) is 0 Å². The first-order valence-electron chi connectivity index (χ1n) is 10.8. The maximum atomic E-state index is 12.3. The van der Waals surface area contributed by atoms with Gasteiger partial charge in [-0.1, -0.05) is 51.1 Å². The SMILES string of the molecule is CC(CC[C@H](Cc1ccccc1)NC(=O)OC(C)(C)C)c1ncc(C(O)C(C)C)[nH]1. The normalized spacial score (nSPS) is 14.9. The van der Waals surface area contributed by atoms with Gasteiger partial charge in [-0.2, -0.15) is 0 Å². The predicted octanol–water partition coefficient (Wildman–Crippen LogP) is 5.12. The fourth-order valence-corrected chi connectivity index (χ4v) is 3.30. The van der Waals surface area contributed by atoms with Crippen molar-refractivity contribution in [2.75, 3.05) is 0 Å². The van der Waals surface area contributed by atoms with Crippen molar-refractivity contribution in [2.24, 2.45) is 5.92 Å². The average molecular weight is 416 g/mol. The van der Waals surface area contributed by atoms with Gasteiger partial charge in [0.25, 0.3) is 0 Å². The molecule has 2 rings (SSSR count). The van der Waals surface area contributed by atoms with Gasteiger partial charge in [0.2, 0.25) is 0 Å². The first-order chi connectivity index (χ1) is 14.0. The van der Waals surface area contributed by atoms with Gasteiger partial charge in [-0.3, -0.25) is 0 Å². The third-order valence-corrected chi connectivity index (χ3v) is 5.03. The van der Waals surface area contributed by atoms with E-state index in [1.807, 2.05) is 52.8 Å². The second kappa shape index (κ2) is 10.6. The molecule has 3 N–H and O–H groups in total. The van der Waals surface area contributed by atoms with Crippen LogP contribution in [0.1, 0.15) is 83.5 Å². The number of amides is 1. The highest BCUT2D eigenvalue weighted by Crippen LogP contribution is 2.24. The number of imidazole rings is 1. The van der Waals surface area contributed by atoms with Gasteiger partial charge in [0.05, 0.1) is 18.0 Å². The highest BCUT2D eigenvalue weighted by molar-refractivity contribution is 5.68. The highest BCUT2D eigenvalue weighted by Gasteiger charge is 2.22. The summed E-state index contributed by atoms with van der Waals surface area (Å²) in [6, 6.07) is 10.1. The Morgan fingerprint density at radius 3 is 2.43 bits per heavy atom. The Balaban J connectivity index is 2.01. The van der Waals surface area contributed by atoms with Crippen LogP contribution < -0.4 is 5.32 Å². The zero-order chi connectivity index (χ0) is 22.3. The van der Waals surface area contributed by atoms with Crippen molar-refractivity contribution < 1.29 is 14.6 Å². The van der Waals surface area contributed by atoms with Gasteiger partial charge in [0, 0.05) is 12.0 Å². The highest BCUT2D eigenvalue weighted by atomic mass is 16.6. The molecule has 1 aromatic heterocycles. The molecule has 166 valence electrons. The zero-order valence-electron chi connectivity index (χ0n) is 19.1. The molecule has 3 atom stereocenters. The monoisotopic (exact) mass is 415 g/mol. The van der Waals surface area contributed by atoms with Crippen LogP contribution in [0.4, 0.5) is 4.79 Å². The van der Waals surface area contributed by atoms with Gasteiger partial charge in [-0.15, -0.1) is 0 Å². The second-order valence-electron chi connectivity index (χ2n) is 9.42. The van der Waals surface area contributed by atoms with Crippen LogP contribution in [0.5, 0.6) is 0 Å². The number of ether oxygens (including phenoxy) is 1. The van der Waals surface area contributed by atoms with E-state index in [-0.39, 0.29) is 17.9 Å². The van der Waals surface area contributed by atoms with Crippen molar-refractivity contribution in [1.29, 1.82) is 0 Å². The van der Waals surface area contributed by atoms with Crippen molar-refractivity contribution >= 4 is 6.09 Å². The third kappa shape index (κ3) is 7.82. The molecule has 0 bridgehead atoms. The van der Waals surface area contributed by atoms with Crippen LogP contribution in [0.15, 0.2) is 36.5 Å². The predicted molar refractivity (Wildman–Crippen MR) is 119 cm³/mol. The summed E-state index contributed by atoms with van der Waals surface area (Å²) in [5, 5.41) is 13.3. The average Bonchev–Trinajstić information content (AvgIpc) is 3.14. The number of H-pyrrole nitrogens is 1. The lowest BCUT2D eigenvalue weighted by Crippen LogP contribution is -2.40. The molecule has 0 saturated carbocycles.